The molecular formula is C14H16N2O3. The molecule has 0 amide bonds. The number of rotatable bonds is 5. The van der Waals surface area contributed by atoms with Crippen molar-refractivity contribution in [3.8, 4) is 5.69 Å². The number of aromatic amines is 1. The van der Waals surface area contributed by atoms with Crippen molar-refractivity contribution in [3.05, 3.63) is 51.9 Å². The average molecular weight is 260 g/mol. The molecule has 1 aromatic heterocycles. The van der Waals surface area contributed by atoms with Gasteiger partial charge in [-0.25, -0.2) is 4.68 Å². The molecule has 0 saturated heterocycles. The number of aryl methyl sites for hydroxylation is 1. The fourth-order valence-electron chi connectivity index (χ4n) is 2.06. The van der Waals surface area contributed by atoms with Crippen LogP contribution in [-0.4, -0.2) is 20.9 Å². The first-order chi connectivity index (χ1) is 9.13. The average Bonchev–Trinajstić information content (AvgIpc) is 2.74. The summed E-state index contributed by atoms with van der Waals surface area (Å²) >= 11 is 0. The zero-order valence-corrected chi connectivity index (χ0v) is 10.7. The summed E-state index contributed by atoms with van der Waals surface area (Å²) in [5.41, 5.74) is 1.96. The number of para-hydroxylation sites is 1. The van der Waals surface area contributed by atoms with Gasteiger partial charge in [-0.05, 0) is 25.0 Å². The van der Waals surface area contributed by atoms with E-state index >= 15 is 0 Å². The number of carboxylic acid groups (broad SMARTS) is 1. The number of H-pyrrole nitrogens is 1. The lowest BCUT2D eigenvalue weighted by atomic mass is 10.1. The molecule has 0 fully saturated rings. The van der Waals surface area contributed by atoms with E-state index in [2.05, 4.69) is 5.10 Å². The number of benzene rings is 1. The summed E-state index contributed by atoms with van der Waals surface area (Å²) in [7, 11) is 0. The summed E-state index contributed by atoms with van der Waals surface area (Å²) in [6.45, 7) is 1.94. The van der Waals surface area contributed by atoms with Crippen LogP contribution in [0.4, 0.5) is 0 Å². The topological polar surface area (TPSA) is 75.1 Å². The molecule has 0 bridgehead atoms. The Morgan fingerprint density at radius 1 is 1.32 bits per heavy atom. The second-order valence-corrected chi connectivity index (χ2v) is 4.29. The summed E-state index contributed by atoms with van der Waals surface area (Å²) in [6, 6.07) is 9.25. The zero-order chi connectivity index (χ0) is 13.8. The fourth-order valence-corrected chi connectivity index (χ4v) is 2.06. The van der Waals surface area contributed by atoms with Crippen molar-refractivity contribution in [2.24, 2.45) is 0 Å². The smallest absolute Gasteiger partial charge is 0.303 e. The maximum Gasteiger partial charge on any atom is 0.303 e. The minimum atomic E-state index is -0.895. The molecule has 0 aliphatic carbocycles. The van der Waals surface area contributed by atoms with E-state index < -0.39 is 5.97 Å². The highest BCUT2D eigenvalue weighted by Crippen LogP contribution is 2.10. The Labute approximate surface area is 110 Å². The van der Waals surface area contributed by atoms with Gasteiger partial charge in [0.15, 0.2) is 0 Å². The van der Waals surface area contributed by atoms with Gasteiger partial charge in [-0.1, -0.05) is 25.1 Å². The van der Waals surface area contributed by atoms with Crippen LogP contribution in [-0.2, 0) is 17.6 Å². The van der Waals surface area contributed by atoms with Gasteiger partial charge < -0.3 is 5.11 Å². The number of nitrogens with one attached hydrogen (secondary N) is 1. The molecule has 0 saturated carbocycles. The number of hydrogen-bond acceptors (Lipinski definition) is 2. The molecule has 5 heteroatoms. The Balaban J connectivity index is 2.43. The van der Waals surface area contributed by atoms with Crippen LogP contribution < -0.4 is 5.56 Å². The number of aliphatic carboxylic acids is 1. The van der Waals surface area contributed by atoms with Gasteiger partial charge in [0.2, 0.25) is 0 Å². The second-order valence-electron chi connectivity index (χ2n) is 4.29. The molecule has 2 aromatic rings. The summed E-state index contributed by atoms with van der Waals surface area (Å²) in [4.78, 5) is 22.9. The van der Waals surface area contributed by atoms with Crippen molar-refractivity contribution in [1.82, 2.24) is 9.78 Å². The van der Waals surface area contributed by atoms with Gasteiger partial charge in [0, 0.05) is 17.7 Å². The van der Waals surface area contributed by atoms with Gasteiger partial charge in [0.05, 0.1) is 5.69 Å². The van der Waals surface area contributed by atoms with Crippen molar-refractivity contribution in [2.45, 2.75) is 26.2 Å². The molecule has 100 valence electrons. The van der Waals surface area contributed by atoms with E-state index in [1.807, 2.05) is 37.3 Å². The van der Waals surface area contributed by atoms with Crippen LogP contribution in [0.2, 0.25) is 0 Å². The molecule has 0 radical (unpaired) electrons. The first-order valence-corrected chi connectivity index (χ1v) is 6.23. The van der Waals surface area contributed by atoms with E-state index in [1.165, 1.54) is 4.68 Å². The predicted octanol–water partition coefficient (Wildman–Crippen LogP) is 1.75. The highest BCUT2D eigenvalue weighted by Gasteiger charge is 2.14. The van der Waals surface area contributed by atoms with Gasteiger partial charge in [-0.2, -0.15) is 0 Å². The van der Waals surface area contributed by atoms with E-state index in [9.17, 15) is 9.59 Å². The monoisotopic (exact) mass is 260 g/mol. The van der Waals surface area contributed by atoms with Crippen molar-refractivity contribution in [1.29, 1.82) is 0 Å². The normalized spacial score (nSPS) is 10.6. The molecule has 19 heavy (non-hydrogen) atoms. The molecule has 1 heterocycles. The van der Waals surface area contributed by atoms with E-state index in [1.54, 1.807) is 0 Å². The Morgan fingerprint density at radius 2 is 2.00 bits per heavy atom. The third-order valence-electron chi connectivity index (χ3n) is 3.03. The van der Waals surface area contributed by atoms with Crippen LogP contribution >= 0.6 is 0 Å². The zero-order valence-electron chi connectivity index (χ0n) is 10.7. The van der Waals surface area contributed by atoms with Crippen LogP contribution in [0.1, 0.15) is 24.6 Å². The highest BCUT2D eigenvalue weighted by molar-refractivity contribution is 5.67. The van der Waals surface area contributed by atoms with Crippen LogP contribution in [0.3, 0.4) is 0 Å². The highest BCUT2D eigenvalue weighted by atomic mass is 16.4. The van der Waals surface area contributed by atoms with Crippen LogP contribution in [0.15, 0.2) is 35.1 Å². The SMILES string of the molecule is CCc1[nH]n(-c2ccccc2)c(=O)c1CCC(=O)O. The van der Waals surface area contributed by atoms with Gasteiger partial charge >= 0.3 is 5.97 Å². The summed E-state index contributed by atoms with van der Waals surface area (Å²) < 4.78 is 1.47. The summed E-state index contributed by atoms with van der Waals surface area (Å²) in [6.07, 6.45) is 0.895. The van der Waals surface area contributed by atoms with Gasteiger partial charge in [0.25, 0.3) is 5.56 Å². The van der Waals surface area contributed by atoms with Gasteiger partial charge in [0.1, 0.15) is 0 Å². The van der Waals surface area contributed by atoms with E-state index in [0.717, 1.165) is 11.4 Å². The number of hydrogen-bond donors (Lipinski definition) is 2. The third-order valence-corrected chi connectivity index (χ3v) is 3.03. The third kappa shape index (κ3) is 2.76. The fraction of sp³-hybridized carbons (Fsp3) is 0.286. The van der Waals surface area contributed by atoms with Crippen molar-refractivity contribution >= 4 is 5.97 Å². The first kappa shape index (κ1) is 13.1. The molecule has 1 aromatic carbocycles. The lowest BCUT2D eigenvalue weighted by Gasteiger charge is -1.99. The van der Waals surface area contributed by atoms with Crippen LogP contribution in [0, 0.1) is 0 Å². The summed E-state index contributed by atoms with van der Waals surface area (Å²) in [5, 5.41) is 11.8. The van der Waals surface area contributed by atoms with E-state index in [4.69, 9.17) is 5.11 Å². The summed E-state index contributed by atoms with van der Waals surface area (Å²) in [5.74, 6) is -0.895. The van der Waals surface area contributed by atoms with Crippen molar-refractivity contribution in [3.63, 3.8) is 0 Å². The standard InChI is InChI=1S/C14H16N2O3/c1-2-12-11(8-9-13(17)18)14(19)16(15-12)10-6-4-3-5-7-10/h3-7,15H,2,8-9H2,1H3,(H,17,18). The molecule has 0 aliphatic rings. The Bertz CT molecular complexity index is 626. The molecule has 2 rings (SSSR count). The number of carboxylic acids is 1. The Kier molecular flexibility index (Phi) is 3.85. The molecule has 0 atom stereocenters. The first-order valence-electron chi connectivity index (χ1n) is 6.23. The van der Waals surface area contributed by atoms with Crippen LogP contribution in [0.25, 0.3) is 5.69 Å². The lowest BCUT2D eigenvalue weighted by molar-refractivity contribution is -0.136. The minimum Gasteiger partial charge on any atom is -0.481 e. The maximum atomic E-state index is 12.3. The molecule has 5 nitrogen and oxygen atoms in total. The Morgan fingerprint density at radius 3 is 2.58 bits per heavy atom. The number of aromatic nitrogens is 2. The Hall–Kier alpha value is -2.30. The van der Waals surface area contributed by atoms with E-state index in [0.29, 0.717) is 12.0 Å². The quantitative estimate of drug-likeness (QED) is 0.860. The van der Waals surface area contributed by atoms with Crippen molar-refractivity contribution in [2.75, 3.05) is 0 Å². The van der Waals surface area contributed by atoms with Gasteiger partial charge in [-0.15, -0.1) is 0 Å². The van der Waals surface area contributed by atoms with Crippen LogP contribution in [0.5, 0.6) is 0 Å². The molecule has 0 spiro atoms. The van der Waals surface area contributed by atoms with E-state index in [-0.39, 0.29) is 18.4 Å². The second kappa shape index (κ2) is 5.56. The number of carbonyl (C=O) groups is 1. The predicted molar refractivity (Wildman–Crippen MR) is 71.7 cm³/mol. The maximum absolute atomic E-state index is 12.3. The molecular weight excluding hydrogens is 244 g/mol. The molecule has 2 N–H and O–H groups in total. The largest absolute Gasteiger partial charge is 0.481 e. The number of nitrogens with zero attached hydrogens (tertiary/aromatic N) is 1. The molecule has 0 aliphatic heterocycles. The van der Waals surface area contributed by atoms with Crippen molar-refractivity contribution < 1.29 is 9.90 Å². The lowest BCUT2D eigenvalue weighted by Crippen LogP contribution is -2.18. The van der Waals surface area contributed by atoms with Gasteiger partial charge in [-0.3, -0.25) is 14.7 Å². The minimum absolute atomic E-state index is 0.0329. The molecule has 0 unspecified atom stereocenters.